The van der Waals surface area contributed by atoms with Gasteiger partial charge in [0.25, 0.3) is 0 Å². The van der Waals surface area contributed by atoms with Crippen LogP contribution in [0.25, 0.3) is 0 Å². The second kappa shape index (κ2) is 11.2. The van der Waals surface area contributed by atoms with Crippen LogP contribution >= 0.6 is 0 Å². The summed E-state index contributed by atoms with van der Waals surface area (Å²) in [6.45, 7) is 0.634. The van der Waals surface area contributed by atoms with E-state index in [9.17, 15) is 4.79 Å². The van der Waals surface area contributed by atoms with Gasteiger partial charge in [0.15, 0.2) is 0 Å². The second-order valence-corrected chi connectivity index (χ2v) is 5.28. The first kappa shape index (κ1) is 19.6. The number of aryl methyl sites for hydroxylation is 1. The topological polar surface area (TPSA) is 119 Å². The standard InChI is InChI=1S/C9H11NO3.C9H13NO/c10-8(9(12)13)5-6-1-3-7(11)4-2-6;10-11-8-4-7-9-5-2-1-3-6-9/h1-4,8,11H,5,10H2,(H,12,13);1-3,5-6H,4,7-8,10H2/t8-;/m0./s1. The van der Waals surface area contributed by atoms with Crippen LogP contribution in [-0.4, -0.2) is 28.8 Å². The summed E-state index contributed by atoms with van der Waals surface area (Å²) < 4.78 is 0. The number of carboxylic acids is 1. The van der Waals surface area contributed by atoms with Crippen LogP contribution in [0.5, 0.6) is 5.75 Å². The molecule has 0 spiro atoms. The Balaban J connectivity index is 0.000000243. The molecule has 2 aromatic carbocycles. The number of rotatable bonds is 7. The van der Waals surface area contributed by atoms with Crippen LogP contribution in [0.2, 0.25) is 0 Å². The van der Waals surface area contributed by atoms with Crippen LogP contribution in [0.3, 0.4) is 0 Å². The monoisotopic (exact) mass is 332 g/mol. The highest BCUT2D eigenvalue weighted by atomic mass is 16.6. The molecule has 6 N–H and O–H groups in total. The molecule has 0 saturated heterocycles. The van der Waals surface area contributed by atoms with Crippen LogP contribution in [0.1, 0.15) is 17.5 Å². The summed E-state index contributed by atoms with van der Waals surface area (Å²) in [6, 6.07) is 15.7. The molecule has 6 nitrogen and oxygen atoms in total. The Labute approximate surface area is 141 Å². The van der Waals surface area contributed by atoms with E-state index in [0.717, 1.165) is 18.4 Å². The summed E-state index contributed by atoms with van der Waals surface area (Å²) in [7, 11) is 0. The lowest BCUT2D eigenvalue weighted by atomic mass is 10.1. The van der Waals surface area contributed by atoms with E-state index in [2.05, 4.69) is 17.0 Å². The lowest BCUT2D eigenvalue weighted by Gasteiger charge is -2.05. The van der Waals surface area contributed by atoms with Crippen molar-refractivity contribution in [3.63, 3.8) is 0 Å². The van der Waals surface area contributed by atoms with Crippen LogP contribution in [0, 0.1) is 0 Å². The number of hydrogen-bond donors (Lipinski definition) is 4. The van der Waals surface area contributed by atoms with E-state index in [4.69, 9.17) is 21.8 Å². The van der Waals surface area contributed by atoms with Crippen molar-refractivity contribution < 1.29 is 19.8 Å². The maximum atomic E-state index is 10.4. The first-order valence-corrected chi connectivity index (χ1v) is 7.65. The van der Waals surface area contributed by atoms with Crippen LogP contribution in [-0.2, 0) is 22.5 Å². The van der Waals surface area contributed by atoms with Gasteiger partial charge in [0.1, 0.15) is 11.8 Å². The summed E-state index contributed by atoms with van der Waals surface area (Å²) in [5.74, 6) is 4.03. The number of hydrogen-bond acceptors (Lipinski definition) is 5. The normalized spacial score (nSPS) is 11.2. The van der Waals surface area contributed by atoms with Crippen molar-refractivity contribution in [2.45, 2.75) is 25.3 Å². The third kappa shape index (κ3) is 8.28. The molecule has 0 radical (unpaired) electrons. The van der Waals surface area contributed by atoms with Gasteiger partial charge in [-0.15, -0.1) is 0 Å². The van der Waals surface area contributed by atoms with Crippen LogP contribution in [0.4, 0.5) is 0 Å². The Kier molecular flexibility index (Phi) is 9.14. The minimum absolute atomic E-state index is 0.160. The molecule has 0 amide bonds. The summed E-state index contributed by atoms with van der Waals surface area (Å²) in [6.07, 6.45) is 2.30. The average molecular weight is 332 g/mol. The molecule has 0 aliphatic carbocycles. The minimum atomic E-state index is -1.02. The van der Waals surface area contributed by atoms with Gasteiger partial charge in [0.2, 0.25) is 0 Å². The predicted octanol–water partition coefficient (Wildman–Crippen LogP) is 1.86. The van der Waals surface area contributed by atoms with Crippen molar-refractivity contribution in [2.75, 3.05) is 6.61 Å². The number of carboxylic acid groups (broad SMARTS) is 1. The molecular weight excluding hydrogens is 308 g/mol. The van der Waals surface area contributed by atoms with E-state index in [-0.39, 0.29) is 12.2 Å². The van der Waals surface area contributed by atoms with Crippen molar-refractivity contribution in [3.05, 3.63) is 65.7 Å². The summed E-state index contributed by atoms with van der Waals surface area (Å²) in [4.78, 5) is 14.9. The lowest BCUT2D eigenvalue weighted by Crippen LogP contribution is -2.32. The highest BCUT2D eigenvalue weighted by Crippen LogP contribution is 2.10. The van der Waals surface area contributed by atoms with Crippen molar-refractivity contribution in [1.82, 2.24) is 0 Å². The Hall–Kier alpha value is -2.41. The molecule has 0 aliphatic heterocycles. The molecule has 0 aliphatic rings. The van der Waals surface area contributed by atoms with Crippen LogP contribution in [0.15, 0.2) is 54.6 Å². The zero-order chi connectivity index (χ0) is 17.8. The molecule has 130 valence electrons. The zero-order valence-corrected chi connectivity index (χ0v) is 13.5. The molecule has 0 heterocycles. The molecule has 24 heavy (non-hydrogen) atoms. The lowest BCUT2D eigenvalue weighted by molar-refractivity contribution is -0.138. The van der Waals surface area contributed by atoms with Gasteiger partial charge in [-0.1, -0.05) is 42.5 Å². The fourth-order valence-electron chi connectivity index (χ4n) is 1.98. The van der Waals surface area contributed by atoms with Crippen molar-refractivity contribution in [2.24, 2.45) is 11.6 Å². The van der Waals surface area contributed by atoms with Gasteiger partial charge in [-0.3, -0.25) is 4.79 Å². The fourth-order valence-corrected chi connectivity index (χ4v) is 1.98. The first-order valence-electron chi connectivity index (χ1n) is 7.65. The highest BCUT2D eigenvalue weighted by Gasteiger charge is 2.11. The number of phenolic OH excluding ortho intramolecular Hbond substituents is 1. The van der Waals surface area contributed by atoms with Gasteiger partial charge < -0.3 is 20.8 Å². The Morgan fingerprint density at radius 2 is 1.67 bits per heavy atom. The maximum absolute atomic E-state index is 10.4. The third-order valence-corrected chi connectivity index (χ3v) is 3.28. The molecule has 2 aromatic rings. The summed E-state index contributed by atoms with van der Waals surface area (Å²) >= 11 is 0. The van der Waals surface area contributed by atoms with Gasteiger partial charge in [-0.05, 0) is 42.5 Å². The zero-order valence-electron chi connectivity index (χ0n) is 13.5. The second-order valence-electron chi connectivity index (χ2n) is 5.28. The van der Waals surface area contributed by atoms with E-state index < -0.39 is 12.0 Å². The van der Waals surface area contributed by atoms with E-state index in [1.165, 1.54) is 17.7 Å². The molecule has 0 bridgehead atoms. The number of aliphatic carboxylic acids is 1. The van der Waals surface area contributed by atoms with Gasteiger partial charge >= 0.3 is 5.97 Å². The Morgan fingerprint density at radius 1 is 1.04 bits per heavy atom. The van der Waals surface area contributed by atoms with Gasteiger partial charge in [0, 0.05) is 0 Å². The van der Waals surface area contributed by atoms with Gasteiger partial charge in [-0.25, -0.2) is 5.90 Å². The quantitative estimate of drug-likeness (QED) is 0.454. The Morgan fingerprint density at radius 3 is 2.21 bits per heavy atom. The molecule has 0 fully saturated rings. The summed E-state index contributed by atoms with van der Waals surface area (Å²) in [5.41, 5.74) is 7.46. The number of aromatic hydroxyl groups is 1. The number of phenols is 1. The molecule has 0 unspecified atom stereocenters. The summed E-state index contributed by atoms with van der Waals surface area (Å²) in [5, 5.41) is 17.5. The van der Waals surface area contributed by atoms with Crippen LogP contribution < -0.4 is 11.6 Å². The molecule has 0 saturated carbocycles. The molecular formula is C18H24N2O4. The van der Waals surface area contributed by atoms with E-state index in [1.54, 1.807) is 12.1 Å². The molecule has 0 aromatic heterocycles. The number of nitrogens with two attached hydrogens (primary N) is 2. The highest BCUT2D eigenvalue weighted by molar-refractivity contribution is 5.73. The molecule has 2 rings (SSSR count). The fraction of sp³-hybridized carbons (Fsp3) is 0.278. The molecule has 6 heteroatoms. The number of carbonyl (C=O) groups is 1. The molecule has 1 atom stereocenters. The number of benzene rings is 2. The van der Waals surface area contributed by atoms with Gasteiger partial charge in [-0.2, -0.15) is 0 Å². The smallest absolute Gasteiger partial charge is 0.320 e. The SMILES string of the molecule is NOCCCc1ccccc1.N[C@@H](Cc1ccc(O)cc1)C(=O)O. The van der Waals surface area contributed by atoms with Crippen molar-refractivity contribution in [1.29, 1.82) is 0 Å². The Bertz CT molecular complexity index is 588. The third-order valence-electron chi connectivity index (χ3n) is 3.28. The van der Waals surface area contributed by atoms with E-state index >= 15 is 0 Å². The van der Waals surface area contributed by atoms with E-state index in [0.29, 0.717) is 6.61 Å². The largest absolute Gasteiger partial charge is 0.508 e. The predicted molar refractivity (Wildman–Crippen MR) is 92.3 cm³/mol. The average Bonchev–Trinajstić information content (AvgIpc) is 2.58. The maximum Gasteiger partial charge on any atom is 0.320 e. The van der Waals surface area contributed by atoms with E-state index in [1.807, 2.05) is 18.2 Å². The van der Waals surface area contributed by atoms with Crippen molar-refractivity contribution in [3.8, 4) is 5.75 Å². The van der Waals surface area contributed by atoms with Crippen molar-refractivity contribution >= 4 is 5.97 Å². The van der Waals surface area contributed by atoms with Gasteiger partial charge in [0.05, 0.1) is 6.61 Å². The minimum Gasteiger partial charge on any atom is -0.508 e. The first-order chi connectivity index (χ1) is 11.5.